The number of aromatic nitrogens is 3. The fraction of sp³-hybridized carbons (Fsp3) is 0.200. The number of halogens is 1. The zero-order valence-electron chi connectivity index (χ0n) is 16.0. The molecule has 1 aromatic heterocycles. The van der Waals surface area contributed by atoms with Crippen molar-refractivity contribution >= 4 is 23.6 Å². The van der Waals surface area contributed by atoms with E-state index >= 15 is 0 Å². The number of rotatable bonds is 8. The van der Waals surface area contributed by atoms with Crippen LogP contribution < -0.4 is 20.6 Å². The first-order valence-electron chi connectivity index (χ1n) is 8.92. The molecule has 2 N–H and O–H groups in total. The Morgan fingerprint density at radius 3 is 2.83 bits per heavy atom. The summed E-state index contributed by atoms with van der Waals surface area (Å²) in [5, 5.41) is 10.8. The Balaban J connectivity index is 1.72. The van der Waals surface area contributed by atoms with Crippen molar-refractivity contribution in [1.29, 1.82) is 0 Å². The van der Waals surface area contributed by atoms with Crippen molar-refractivity contribution in [3.63, 3.8) is 0 Å². The molecule has 0 saturated carbocycles. The summed E-state index contributed by atoms with van der Waals surface area (Å²) in [6.07, 6.45) is 1.59. The largest absolute Gasteiger partial charge is 0.490 e. The number of ether oxygens (including phenoxy) is 2. The number of hydrogen-bond donors (Lipinski definition) is 2. The molecule has 0 aliphatic carbocycles. The van der Waals surface area contributed by atoms with Crippen LogP contribution >= 0.6 is 11.6 Å². The quantitative estimate of drug-likeness (QED) is 0.432. The van der Waals surface area contributed by atoms with Gasteiger partial charge in [0.25, 0.3) is 0 Å². The molecule has 8 nitrogen and oxygen atoms in total. The first-order valence-corrected chi connectivity index (χ1v) is 9.30. The summed E-state index contributed by atoms with van der Waals surface area (Å²) in [4.78, 5) is 15.0. The number of nitrogens with zero attached hydrogens (tertiary/aromatic N) is 3. The van der Waals surface area contributed by atoms with E-state index in [0.29, 0.717) is 35.4 Å². The molecular formula is C20H20ClN5O3. The van der Waals surface area contributed by atoms with Gasteiger partial charge in [0.05, 0.1) is 12.8 Å². The second kappa shape index (κ2) is 9.70. The molecule has 0 amide bonds. The minimum atomic E-state index is -0.549. The van der Waals surface area contributed by atoms with Crippen molar-refractivity contribution in [2.24, 2.45) is 5.10 Å². The smallest absolute Gasteiger partial charge is 0.363 e. The first kappa shape index (κ1) is 20.3. The van der Waals surface area contributed by atoms with E-state index in [0.717, 1.165) is 11.1 Å². The standard InChI is InChI=1S/C20H20ClN5O3/c1-3-28-18-10-14(11-22-25-19-13(2)24-26-20(27)23-19)8-9-17(18)29-12-15-6-4-5-7-16(15)21/h4-11H,3,12H2,1-2H3,(H2,23,25,26,27). The molecule has 0 aliphatic rings. The van der Waals surface area contributed by atoms with Gasteiger partial charge in [-0.25, -0.2) is 9.89 Å². The third-order valence-electron chi connectivity index (χ3n) is 3.87. The summed E-state index contributed by atoms with van der Waals surface area (Å²) in [6, 6.07) is 13.0. The fourth-order valence-electron chi connectivity index (χ4n) is 2.43. The lowest BCUT2D eigenvalue weighted by molar-refractivity contribution is 0.269. The maximum atomic E-state index is 11.3. The summed E-state index contributed by atoms with van der Waals surface area (Å²) in [5.41, 5.74) is 4.36. The molecule has 0 fully saturated rings. The Kier molecular flexibility index (Phi) is 6.80. The molecule has 2 aromatic carbocycles. The molecule has 0 saturated heterocycles. The average Bonchev–Trinajstić information content (AvgIpc) is 2.71. The van der Waals surface area contributed by atoms with Crippen LogP contribution in [0.1, 0.15) is 23.7 Å². The molecular weight excluding hydrogens is 394 g/mol. The Bertz CT molecular complexity index is 1070. The molecule has 0 atom stereocenters. The maximum absolute atomic E-state index is 11.3. The number of aryl methyl sites for hydroxylation is 1. The van der Waals surface area contributed by atoms with Crippen LogP contribution in [0.15, 0.2) is 52.4 Å². The van der Waals surface area contributed by atoms with E-state index < -0.39 is 5.69 Å². The molecule has 0 unspecified atom stereocenters. The Morgan fingerprint density at radius 1 is 1.21 bits per heavy atom. The van der Waals surface area contributed by atoms with Crippen molar-refractivity contribution in [3.05, 3.63) is 74.8 Å². The number of nitrogens with one attached hydrogen (secondary N) is 2. The fourth-order valence-corrected chi connectivity index (χ4v) is 2.62. The van der Waals surface area contributed by atoms with Gasteiger partial charge in [0.2, 0.25) is 0 Å². The van der Waals surface area contributed by atoms with Crippen LogP contribution in [0.4, 0.5) is 5.82 Å². The number of anilines is 1. The van der Waals surface area contributed by atoms with E-state index in [9.17, 15) is 4.79 Å². The van der Waals surface area contributed by atoms with E-state index in [1.165, 1.54) is 0 Å². The zero-order chi connectivity index (χ0) is 20.6. The van der Waals surface area contributed by atoms with Crippen LogP contribution in [-0.4, -0.2) is 28.0 Å². The van der Waals surface area contributed by atoms with Crippen molar-refractivity contribution in [1.82, 2.24) is 15.2 Å². The van der Waals surface area contributed by atoms with Crippen molar-refractivity contribution < 1.29 is 9.47 Å². The van der Waals surface area contributed by atoms with Gasteiger partial charge in [0.1, 0.15) is 12.3 Å². The van der Waals surface area contributed by atoms with Gasteiger partial charge in [0, 0.05) is 10.6 Å². The minimum Gasteiger partial charge on any atom is -0.490 e. The van der Waals surface area contributed by atoms with Crippen molar-refractivity contribution in [2.75, 3.05) is 12.0 Å². The Morgan fingerprint density at radius 2 is 2.03 bits per heavy atom. The molecule has 3 aromatic rings. The number of aromatic amines is 1. The van der Waals surface area contributed by atoms with E-state index in [1.807, 2.05) is 49.4 Å². The Hall–Kier alpha value is -3.39. The van der Waals surface area contributed by atoms with E-state index in [4.69, 9.17) is 21.1 Å². The zero-order valence-corrected chi connectivity index (χ0v) is 16.7. The van der Waals surface area contributed by atoms with E-state index in [2.05, 4.69) is 25.7 Å². The van der Waals surface area contributed by atoms with Gasteiger partial charge in [-0.1, -0.05) is 29.8 Å². The number of hydrogen-bond acceptors (Lipinski definition) is 7. The molecule has 0 aliphatic heterocycles. The average molecular weight is 414 g/mol. The van der Waals surface area contributed by atoms with Gasteiger partial charge >= 0.3 is 5.69 Å². The highest BCUT2D eigenvalue weighted by Gasteiger charge is 2.08. The molecule has 0 radical (unpaired) electrons. The van der Waals surface area contributed by atoms with Crippen LogP contribution in [0.2, 0.25) is 5.02 Å². The molecule has 0 bridgehead atoms. The highest BCUT2D eigenvalue weighted by Crippen LogP contribution is 2.29. The van der Waals surface area contributed by atoms with Crippen molar-refractivity contribution in [3.8, 4) is 11.5 Å². The maximum Gasteiger partial charge on any atom is 0.363 e. The lowest BCUT2D eigenvalue weighted by atomic mass is 10.2. The molecule has 1 heterocycles. The van der Waals surface area contributed by atoms with Gasteiger partial charge in [-0.15, -0.1) is 0 Å². The number of H-pyrrole nitrogens is 1. The molecule has 3 rings (SSSR count). The SMILES string of the molecule is CCOc1cc(C=NNc2nc(=O)[nH]nc2C)ccc1OCc1ccccc1Cl. The van der Waals surface area contributed by atoms with Gasteiger partial charge in [-0.2, -0.15) is 15.2 Å². The van der Waals surface area contributed by atoms with Gasteiger partial charge in [-0.3, -0.25) is 5.43 Å². The van der Waals surface area contributed by atoms with E-state index in [1.54, 1.807) is 13.1 Å². The second-order valence-electron chi connectivity index (χ2n) is 5.96. The summed E-state index contributed by atoms with van der Waals surface area (Å²) in [6.45, 7) is 4.42. The molecule has 9 heteroatoms. The van der Waals surface area contributed by atoms with Crippen LogP contribution in [0.3, 0.4) is 0 Å². The lowest BCUT2D eigenvalue weighted by Crippen LogP contribution is -2.15. The summed E-state index contributed by atoms with van der Waals surface area (Å²) < 4.78 is 11.6. The topological polar surface area (TPSA) is 101 Å². The van der Waals surface area contributed by atoms with Crippen LogP contribution in [0.5, 0.6) is 11.5 Å². The summed E-state index contributed by atoms with van der Waals surface area (Å²) in [7, 11) is 0. The third kappa shape index (κ3) is 5.55. The van der Waals surface area contributed by atoms with Crippen molar-refractivity contribution in [2.45, 2.75) is 20.5 Å². The lowest BCUT2D eigenvalue weighted by Gasteiger charge is -2.13. The van der Waals surface area contributed by atoms with Crippen LogP contribution in [0, 0.1) is 6.92 Å². The van der Waals surface area contributed by atoms with Gasteiger partial charge in [-0.05, 0) is 43.7 Å². The molecule has 0 spiro atoms. The normalized spacial score (nSPS) is 10.9. The molecule has 29 heavy (non-hydrogen) atoms. The van der Waals surface area contributed by atoms with Crippen LogP contribution in [0.25, 0.3) is 0 Å². The summed E-state index contributed by atoms with van der Waals surface area (Å²) >= 11 is 6.18. The summed E-state index contributed by atoms with van der Waals surface area (Å²) in [5.74, 6) is 1.48. The van der Waals surface area contributed by atoms with Gasteiger partial charge < -0.3 is 9.47 Å². The predicted molar refractivity (Wildman–Crippen MR) is 112 cm³/mol. The number of hydrazone groups is 1. The molecule has 150 valence electrons. The minimum absolute atomic E-state index is 0.287. The van der Waals surface area contributed by atoms with E-state index in [-0.39, 0.29) is 5.82 Å². The highest BCUT2D eigenvalue weighted by molar-refractivity contribution is 6.31. The highest BCUT2D eigenvalue weighted by atomic mass is 35.5. The Labute approximate surface area is 172 Å². The number of benzene rings is 2. The first-order chi connectivity index (χ1) is 14.1. The second-order valence-corrected chi connectivity index (χ2v) is 6.37. The predicted octanol–water partition coefficient (Wildman–Crippen LogP) is 3.55. The third-order valence-corrected chi connectivity index (χ3v) is 4.24. The van der Waals surface area contributed by atoms with Crippen LogP contribution in [-0.2, 0) is 6.61 Å². The van der Waals surface area contributed by atoms with Gasteiger partial charge in [0.15, 0.2) is 17.3 Å². The monoisotopic (exact) mass is 413 g/mol.